The number of hydrogen-bond donors (Lipinski definition) is 3. The number of benzene rings is 3. The van der Waals surface area contributed by atoms with E-state index >= 15 is 0 Å². The van der Waals surface area contributed by atoms with Crippen molar-refractivity contribution in [1.29, 1.82) is 0 Å². The summed E-state index contributed by atoms with van der Waals surface area (Å²) in [4.78, 5) is 29.3. The summed E-state index contributed by atoms with van der Waals surface area (Å²) in [6, 6.07) is 22.1. The molecule has 1 heterocycles. The van der Waals surface area contributed by atoms with Crippen LogP contribution >= 0.6 is 22.9 Å². The van der Waals surface area contributed by atoms with E-state index in [1.165, 1.54) is 11.3 Å². The zero-order valence-electron chi connectivity index (χ0n) is 18.5. The minimum absolute atomic E-state index is 0.133. The number of carbonyl (C=O) groups is 2. The molecule has 6 nitrogen and oxygen atoms in total. The van der Waals surface area contributed by atoms with Gasteiger partial charge in [-0.25, -0.2) is 9.78 Å². The van der Waals surface area contributed by atoms with Crippen molar-refractivity contribution in [3.8, 4) is 10.6 Å². The summed E-state index contributed by atoms with van der Waals surface area (Å²) >= 11 is 7.70. The molecule has 0 saturated heterocycles. The van der Waals surface area contributed by atoms with E-state index < -0.39 is 0 Å². The quantitative estimate of drug-likeness (QED) is 0.285. The minimum atomic E-state index is -0.329. The molecule has 1 aromatic heterocycles. The number of nitrogens with one attached hydrogen (secondary N) is 3. The van der Waals surface area contributed by atoms with Crippen LogP contribution in [0.1, 0.15) is 16.8 Å². The van der Waals surface area contributed by atoms with Crippen molar-refractivity contribution >= 4 is 46.3 Å². The van der Waals surface area contributed by atoms with Crippen LogP contribution in [0.2, 0.25) is 5.02 Å². The molecule has 8 heteroatoms. The number of carbonyl (C=O) groups excluding carboxylic acids is 2. The molecule has 3 aromatic carbocycles. The molecule has 0 aliphatic carbocycles. The van der Waals surface area contributed by atoms with Crippen LogP contribution in [0.5, 0.6) is 0 Å². The fraction of sp³-hybridized carbons (Fsp3) is 0.115. The third-order valence-electron chi connectivity index (χ3n) is 4.95. The molecule has 0 aliphatic rings. The molecule has 4 rings (SSSR count). The summed E-state index contributed by atoms with van der Waals surface area (Å²) in [5, 5.41) is 11.8. The Morgan fingerprint density at radius 3 is 2.44 bits per heavy atom. The molecule has 0 saturated carbocycles. The standard InChI is InChI=1S/C26H23ClN4O2S/c1-17-6-4-8-19(12-17)30-26(33)31-20-9-5-7-18(13-20)15-28-24(32)14-21-16-34-25(29-21)22-10-2-3-11-23(22)27/h2-13,16H,14-15H2,1H3,(H,28,32)(H2,30,31,33). The summed E-state index contributed by atoms with van der Waals surface area (Å²) in [5.74, 6) is -0.133. The van der Waals surface area contributed by atoms with Crippen LogP contribution in [0.15, 0.2) is 78.2 Å². The van der Waals surface area contributed by atoms with E-state index in [0.29, 0.717) is 22.9 Å². The number of urea groups is 1. The average molecular weight is 491 g/mol. The highest BCUT2D eigenvalue weighted by Gasteiger charge is 2.11. The van der Waals surface area contributed by atoms with Crippen LogP contribution in [0, 0.1) is 6.92 Å². The summed E-state index contributed by atoms with van der Waals surface area (Å²) in [6.45, 7) is 2.31. The number of hydrogen-bond acceptors (Lipinski definition) is 4. The first-order valence-electron chi connectivity index (χ1n) is 10.7. The van der Waals surface area contributed by atoms with Gasteiger partial charge in [-0.1, -0.05) is 54.1 Å². The highest BCUT2D eigenvalue weighted by Crippen LogP contribution is 2.30. The zero-order chi connectivity index (χ0) is 23.9. The maximum absolute atomic E-state index is 12.4. The number of rotatable bonds is 7. The Morgan fingerprint density at radius 1 is 0.941 bits per heavy atom. The molecule has 4 aromatic rings. The molecule has 172 valence electrons. The van der Waals surface area contributed by atoms with Gasteiger partial charge in [0, 0.05) is 28.9 Å². The van der Waals surface area contributed by atoms with Crippen molar-refractivity contribution in [2.75, 3.05) is 10.6 Å². The van der Waals surface area contributed by atoms with Gasteiger partial charge in [0.25, 0.3) is 0 Å². The summed E-state index contributed by atoms with van der Waals surface area (Å²) in [5.41, 5.74) is 4.85. The Balaban J connectivity index is 1.29. The monoisotopic (exact) mass is 490 g/mol. The van der Waals surface area contributed by atoms with Gasteiger partial charge in [-0.2, -0.15) is 0 Å². The molecule has 3 N–H and O–H groups in total. The number of thiazole rings is 1. The van der Waals surface area contributed by atoms with Crippen molar-refractivity contribution < 1.29 is 9.59 Å². The predicted octanol–water partition coefficient (Wildman–Crippen LogP) is 6.27. The Bertz CT molecular complexity index is 1320. The van der Waals surface area contributed by atoms with E-state index in [9.17, 15) is 9.59 Å². The third-order valence-corrected chi connectivity index (χ3v) is 6.20. The molecule has 0 aliphatic heterocycles. The highest BCUT2D eigenvalue weighted by molar-refractivity contribution is 7.13. The van der Waals surface area contributed by atoms with Gasteiger partial charge in [0.15, 0.2) is 0 Å². The molecule has 0 spiro atoms. The van der Waals surface area contributed by atoms with E-state index in [1.807, 2.05) is 79.0 Å². The number of aromatic nitrogens is 1. The first-order valence-corrected chi connectivity index (χ1v) is 11.9. The maximum Gasteiger partial charge on any atom is 0.323 e. The first-order chi connectivity index (χ1) is 16.5. The van der Waals surface area contributed by atoms with Crippen molar-refractivity contribution in [3.05, 3.63) is 100 Å². The SMILES string of the molecule is Cc1cccc(NC(=O)Nc2cccc(CNC(=O)Cc3csc(-c4ccccc4Cl)n3)c2)c1. The third kappa shape index (κ3) is 6.43. The second-order valence-corrected chi connectivity index (χ2v) is 8.99. The topological polar surface area (TPSA) is 83.1 Å². The molecule has 34 heavy (non-hydrogen) atoms. The lowest BCUT2D eigenvalue weighted by Gasteiger charge is -2.10. The fourth-order valence-corrected chi connectivity index (χ4v) is 4.49. The zero-order valence-corrected chi connectivity index (χ0v) is 20.0. The van der Waals surface area contributed by atoms with E-state index in [4.69, 9.17) is 11.6 Å². The Hall–Kier alpha value is -3.68. The van der Waals surface area contributed by atoms with Gasteiger partial charge in [0.1, 0.15) is 5.01 Å². The molecule has 0 unspecified atom stereocenters. The van der Waals surface area contributed by atoms with Crippen molar-refractivity contribution in [1.82, 2.24) is 10.3 Å². The lowest BCUT2D eigenvalue weighted by molar-refractivity contribution is -0.120. The van der Waals surface area contributed by atoms with E-state index in [0.717, 1.165) is 27.4 Å². The molecule has 0 radical (unpaired) electrons. The van der Waals surface area contributed by atoms with Gasteiger partial charge in [-0.3, -0.25) is 4.79 Å². The number of halogens is 1. The van der Waals surface area contributed by atoms with E-state index in [2.05, 4.69) is 20.9 Å². The second kappa shape index (κ2) is 11.0. The largest absolute Gasteiger partial charge is 0.352 e. The first kappa shape index (κ1) is 23.5. The minimum Gasteiger partial charge on any atom is -0.352 e. The van der Waals surface area contributed by atoms with Crippen LogP contribution in [0.25, 0.3) is 10.6 Å². The van der Waals surface area contributed by atoms with Crippen LogP contribution in [-0.2, 0) is 17.8 Å². The number of nitrogens with zero attached hydrogens (tertiary/aromatic N) is 1. The lowest BCUT2D eigenvalue weighted by atomic mass is 10.2. The lowest BCUT2D eigenvalue weighted by Crippen LogP contribution is -2.25. The molecule has 0 bridgehead atoms. The summed E-state index contributed by atoms with van der Waals surface area (Å²) in [6.07, 6.45) is 0.178. The van der Waals surface area contributed by atoms with Gasteiger partial charge in [-0.05, 0) is 48.4 Å². The summed E-state index contributed by atoms with van der Waals surface area (Å²) in [7, 11) is 0. The predicted molar refractivity (Wildman–Crippen MR) is 138 cm³/mol. The van der Waals surface area contributed by atoms with Gasteiger partial charge in [0.2, 0.25) is 5.91 Å². The molecule has 0 atom stereocenters. The molecule has 0 fully saturated rings. The van der Waals surface area contributed by atoms with Crippen molar-refractivity contribution in [2.45, 2.75) is 19.9 Å². The van der Waals surface area contributed by atoms with Gasteiger partial charge in [0.05, 0.1) is 17.1 Å². The average Bonchev–Trinajstić information content (AvgIpc) is 3.26. The van der Waals surface area contributed by atoms with Gasteiger partial charge >= 0.3 is 6.03 Å². The normalized spacial score (nSPS) is 10.5. The Labute approximate surface area is 207 Å². The van der Waals surface area contributed by atoms with Crippen molar-refractivity contribution in [2.24, 2.45) is 0 Å². The number of anilines is 2. The van der Waals surface area contributed by atoms with E-state index in [1.54, 1.807) is 6.07 Å². The number of amides is 3. The van der Waals surface area contributed by atoms with Crippen LogP contribution < -0.4 is 16.0 Å². The van der Waals surface area contributed by atoms with E-state index in [-0.39, 0.29) is 18.4 Å². The van der Waals surface area contributed by atoms with Crippen molar-refractivity contribution in [3.63, 3.8) is 0 Å². The highest BCUT2D eigenvalue weighted by atomic mass is 35.5. The van der Waals surface area contributed by atoms with Gasteiger partial charge in [-0.15, -0.1) is 11.3 Å². The molecular weight excluding hydrogens is 468 g/mol. The Morgan fingerprint density at radius 2 is 1.68 bits per heavy atom. The fourth-order valence-electron chi connectivity index (χ4n) is 3.35. The van der Waals surface area contributed by atoms with Crippen LogP contribution in [0.3, 0.4) is 0 Å². The summed E-state index contributed by atoms with van der Waals surface area (Å²) < 4.78 is 0. The second-order valence-electron chi connectivity index (χ2n) is 7.73. The Kier molecular flexibility index (Phi) is 7.57. The maximum atomic E-state index is 12.4. The van der Waals surface area contributed by atoms with Crippen LogP contribution in [0.4, 0.5) is 16.2 Å². The van der Waals surface area contributed by atoms with Crippen LogP contribution in [-0.4, -0.2) is 16.9 Å². The number of aryl methyl sites for hydroxylation is 1. The van der Waals surface area contributed by atoms with Gasteiger partial charge < -0.3 is 16.0 Å². The smallest absolute Gasteiger partial charge is 0.323 e. The molecule has 3 amide bonds. The molecular formula is C26H23ClN4O2S.